The maximum Gasteiger partial charge on any atom is 0.0622 e. The van der Waals surface area contributed by atoms with Crippen molar-refractivity contribution in [2.75, 3.05) is 0 Å². The van der Waals surface area contributed by atoms with Crippen LogP contribution in [0.1, 0.15) is 90.4 Å². The molecule has 0 aliphatic heterocycles. The molecule has 1 unspecified atom stereocenters. The molecule has 0 aromatic rings. The van der Waals surface area contributed by atoms with E-state index in [0.717, 1.165) is 19.3 Å². The molecule has 0 saturated heterocycles. The molecule has 0 fully saturated rings. The highest BCUT2D eigenvalue weighted by atomic mass is 16.3. The van der Waals surface area contributed by atoms with Gasteiger partial charge in [0.15, 0.2) is 0 Å². The first kappa shape index (κ1) is 15.8. The van der Waals surface area contributed by atoms with Crippen LogP contribution >= 0.6 is 0 Å². The average Bonchev–Trinajstić information content (AvgIpc) is 2.32. The second kappa shape index (κ2) is 9.61. The van der Waals surface area contributed by atoms with Crippen LogP contribution < -0.4 is 0 Å². The van der Waals surface area contributed by atoms with Crippen molar-refractivity contribution in [2.45, 2.75) is 96.0 Å². The topological polar surface area (TPSA) is 20.2 Å². The van der Waals surface area contributed by atoms with Gasteiger partial charge in [-0.1, -0.05) is 63.5 Å². The van der Waals surface area contributed by atoms with E-state index in [-0.39, 0.29) is 0 Å². The number of rotatable bonds is 0. The van der Waals surface area contributed by atoms with Crippen molar-refractivity contribution < 1.29 is 5.11 Å². The Bertz CT molecular complexity index is 218. The smallest absolute Gasteiger partial charge is 0.0622 e. The molecule has 0 amide bonds. The third-order valence-corrected chi connectivity index (χ3v) is 4.10. The molecule has 1 rings (SSSR count). The van der Waals surface area contributed by atoms with E-state index in [1.165, 1.54) is 64.2 Å². The quantitative estimate of drug-likeness (QED) is 0.574. The molecular weight excluding hydrogens is 220 g/mol. The lowest BCUT2D eigenvalue weighted by Crippen LogP contribution is -2.23. The van der Waals surface area contributed by atoms with Crippen molar-refractivity contribution in [3.8, 4) is 0 Å². The van der Waals surface area contributed by atoms with Gasteiger partial charge in [-0.15, -0.1) is 0 Å². The Labute approximate surface area is 114 Å². The molecule has 18 heavy (non-hydrogen) atoms. The van der Waals surface area contributed by atoms with E-state index in [1.54, 1.807) is 0 Å². The number of hydrogen-bond donors (Lipinski definition) is 1. The molecule has 0 aromatic carbocycles. The van der Waals surface area contributed by atoms with E-state index in [9.17, 15) is 5.11 Å². The van der Waals surface area contributed by atoms with Gasteiger partial charge in [-0.3, -0.25) is 0 Å². The summed E-state index contributed by atoms with van der Waals surface area (Å²) in [5.74, 6) is 0. The summed E-state index contributed by atoms with van der Waals surface area (Å²) in [7, 11) is 0. The van der Waals surface area contributed by atoms with E-state index in [2.05, 4.69) is 12.2 Å². The lowest BCUT2D eigenvalue weighted by Gasteiger charge is -2.22. The SMILES string of the molecule is CC1(O)CCC=CCCCCCCCCCCC1. The van der Waals surface area contributed by atoms with E-state index < -0.39 is 5.60 Å². The lowest BCUT2D eigenvalue weighted by atomic mass is 9.92. The molecule has 1 nitrogen and oxygen atoms in total. The summed E-state index contributed by atoms with van der Waals surface area (Å²) in [5.41, 5.74) is -0.443. The van der Waals surface area contributed by atoms with Crippen molar-refractivity contribution in [1.82, 2.24) is 0 Å². The molecule has 1 atom stereocenters. The zero-order valence-corrected chi connectivity index (χ0v) is 12.3. The van der Waals surface area contributed by atoms with Gasteiger partial charge in [0.05, 0.1) is 5.60 Å². The second-order valence-corrected chi connectivity index (χ2v) is 6.23. The molecule has 0 bridgehead atoms. The van der Waals surface area contributed by atoms with Crippen LogP contribution in [0.5, 0.6) is 0 Å². The summed E-state index contributed by atoms with van der Waals surface area (Å²) in [6.07, 6.45) is 20.9. The van der Waals surface area contributed by atoms with Gasteiger partial charge in [0.25, 0.3) is 0 Å². The first-order valence-electron chi connectivity index (χ1n) is 8.08. The Hall–Kier alpha value is -0.300. The van der Waals surface area contributed by atoms with Gasteiger partial charge in [0.2, 0.25) is 0 Å². The van der Waals surface area contributed by atoms with E-state index >= 15 is 0 Å². The van der Waals surface area contributed by atoms with E-state index in [1.807, 2.05) is 6.92 Å². The summed E-state index contributed by atoms with van der Waals surface area (Å²) in [6.45, 7) is 2.00. The summed E-state index contributed by atoms with van der Waals surface area (Å²) in [4.78, 5) is 0. The third-order valence-electron chi connectivity index (χ3n) is 4.10. The van der Waals surface area contributed by atoms with Crippen molar-refractivity contribution in [3.05, 3.63) is 12.2 Å². The molecule has 1 N–H and O–H groups in total. The normalized spacial score (nSPS) is 30.1. The van der Waals surface area contributed by atoms with E-state index in [4.69, 9.17) is 0 Å². The Kier molecular flexibility index (Phi) is 8.41. The van der Waals surface area contributed by atoms with Crippen LogP contribution in [0.15, 0.2) is 12.2 Å². The van der Waals surface area contributed by atoms with Crippen LogP contribution in [0, 0.1) is 0 Å². The first-order valence-corrected chi connectivity index (χ1v) is 8.08. The molecule has 1 aliphatic carbocycles. The zero-order chi connectivity index (χ0) is 13.1. The maximum atomic E-state index is 10.3. The standard InChI is InChI=1S/C17H32O/c1-17(18)15-13-11-9-7-5-3-2-4-6-8-10-12-14-16-17/h9,11,18H,2-8,10,12-16H2,1H3. The summed E-state index contributed by atoms with van der Waals surface area (Å²) in [6, 6.07) is 0. The van der Waals surface area contributed by atoms with Crippen LogP contribution in [0.2, 0.25) is 0 Å². The largest absolute Gasteiger partial charge is 0.390 e. The van der Waals surface area contributed by atoms with Gasteiger partial charge in [-0.25, -0.2) is 0 Å². The van der Waals surface area contributed by atoms with Crippen molar-refractivity contribution in [3.63, 3.8) is 0 Å². The second-order valence-electron chi connectivity index (χ2n) is 6.23. The molecule has 1 aliphatic rings. The zero-order valence-electron chi connectivity index (χ0n) is 12.3. The van der Waals surface area contributed by atoms with Crippen molar-refractivity contribution >= 4 is 0 Å². The van der Waals surface area contributed by atoms with Gasteiger partial charge in [-0.05, 0) is 39.0 Å². The van der Waals surface area contributed by atoms with Gasteiger partial charge in [-0.2, -0.15) is 0 Å². The lowest BCUT2D eigenvalue weighted by molar-refractivity contribution is 0.0402. The Morgan fingerprint density at radius 1 is 0.667 bits per heavy atom. The number of hydrogen-bond acceptors (Lipinski definition) is 1. The maximum absolute atomic E-state index is 10.3. The minimum absolute atomic E-state index is 0.443. The fourth-order valence-electron chi connectivity index (χ4n) is 2.76. The van der Waals surface area contributed by atoms with Gasteiger partial charge < -0.3 is 5.11 Å². The molecule has 0 radical (unpaired) electrons. The van der Waals surface area contributed by atoms with E-state index in [0.29, 0.717) is 0 Å². The van der Waals surface area contributed by atoms with Crippen LogP contribution in [-0.2, 0) is 0 Å². The Morgan fingerprint density at radius 2 is 1.17 bits per heavy atom. The highest BCUT2D eigenvalue weighted by molar-refractivity contribution is 4.85. The highest BCUT2D eigenvalue weighted by Crippen LogP contribution is 2.21. The minimum atomic E-state index is -0.443. The van der Waals surface area contributed by atoms with Crippen LogP contribution in [0.4, 0.5) is 0 Å². The molecule has 1 heteroatoms. The van der Waals surface area contributed by atoms with Crippen LogP contribution in [-0.4, -0.2) is 10.7 Å². The average molecular weight is 252 g/mol. The predicted octanol–water partition coefficient (Wildman–Crippen LogP) is 5.38. The van der Waals surface area contributed by atoms with Crippen LogP contribution in [0.25, 0.3) is 0 Å². The predicted molar refractivity (Wildman–Crippen MR) is 79.8 cm³/mol. The summed E-state index contributed by atoms with van der Waals surface area (Å²) < 4.78 is 0. The van der Waals surface area contributed by atoms with Crippen molar-refractivity contribution in [2.24, 2.45) is 0 Å². The molecule has 0 aromatic heterocycles. The highest BCUT2D eigenvalue weighted by Gasteiger charge is 2.18. The monoisotopic (exact) mass is 252 g/mol. The summed E-state index contributed by atoms with van der Waals surface area (Å²) >= 11 is 0. The number of allylic oxidation sites excluding steroid dienone is 2. The molecular formula is C17H32O. The molecule has 0 saturated carbocycles. The Balaban J connectivity index is 2.28. The van der Waals surface area contributed by atoms with Crippen molar-refractivity contribution in [1.29, 1.82) is 0 Å². The Morgan fingerprint density at radius 3 is 1.83 bits per heavy atom. The molecule has 106 valence electrons. The van der Waals surface area contributed by atoms with Gasteiger partial charge in [0.1, 0.15) is 0 Å². The summed E-state index contributed by atoms with van der Waals surface area (Å²) in [5, 5.41) is 10.3. The minimum Gasteiger partial charge on any atom is -0.390 e. The number of aliphatic hydroxyl groups is 1. The van der Waals surface area contributed by atoms with Crippen LogP contribution in [0.3, 0.4) is 0 Å². The fraction of sp³-hybridized carbons (Fsp3) is 0.882. The van der Waals surface area contributed by atoms with Gasteiger partial charge >= 0.3 is 0 Å². The molecule has 0 spiro atoms. The fourth-order valence-corrected chi connectivity index (χ4v) is 2.76. The molecule has 0 heterocycles. The third kappa shape index (κ3) is 8.74. The van der Waals surface area contributed by atoms with Gasteiger partial charge in [0, 0.05) is 0 Å². The first-order chi connectivity index (χ1) is 8.71.